The molecule has 0 bridgehead atoms. The second kappa shape index (κ2) is 10.1. The van der Waals surface area contributed by atoms with Crippen molar-refractivity contribution in [1.82, 2.24) is 19.2 Å². The van der Waals surface area contributed by atoms with Crippen LogP contribution in [0.25, 0.3) is 0 Å². The molecule has 1 fully saturated rings. The Labute approximate surface area is 192 Å². The monoisotopic (exact) mass is 480 g/mol. The van der Waals surface area contributed by atoms with Gasteiger partial charge in [0.1, 0.15) is 0 Å². The Morgan fingerprint density at radius 1 is 1.22 bits per heavy atom. The van der Waals surface area contributed by atoms with Crippen LogP contribution in [0.2, 0.25) is 0 Å². The van der Waals surface area contributed by atoms with Crippen LogP contribution >= 0.6 is 11.8 Å². The molecule has 4 rings (SSSR count). The Balaban J connectivity index is 1.27. The van der Waals surface area contributed by atoms with Crippen molar-refractivity contribution in [3.05, 3.63) is 30.6 Å². The molecule has 0 atom stereocenters. The van der Waals surface area contributed by atoms with Crippen LogP contribution in [-0.2, 0) is 21.9 Å². The summed E-state index contributed by atoms with van der Waals surface area (Å²) in [5.41, 5.74) is 0. The lowest BCUT2D eigenvalue weighted by molar-refractivity contribution is -0.125. The highest BCUT2D eigenvalue weighted by Gasteiger charge is 2.32. The number of nitrogens with one attached hydrogen (secondary N) is 1. The molecule has 1 aromatic heterocycles. The van der Waals surface area contributed by atoms with E-state index in [-0.39, 0.29) is 16.7 Å². The van der Waals surface area contributed by atoms with Crippen molar-refractivity contribution in [3.63, 3.8) is 0 Å². The fraction of sp³-hybridized carbons (Fsp3) is 0.524. The number of carbonyl (C=O) groups excluding carboxylic acids is 1. The van der Waals surface area contributed by atoms with Gasteiger partial charge in [-0.25, -0.2) is 13.4 Å². The summed E-state index contributed by atoms with van der Waals surface area (Å²) in [5, 5.41) is 3.87. The van der Waals surface area contributed by atoms with Gasteiger partial charge in [0.05, 0.1) is 18.1 Å². The van der Waals surface area contributed by atoms with Crippen LogP contribution in [0, 0.1) is 5.92 Å². The topological polar surface area (TPSA) is 103 Å². The number of piperidine rings is 1. The lowest BCUT2D eigenvalue weighted by Crippen LogP contribution is -2.43. The average molecular weight is 481 g/mol. The summed E-state index contributed by atoms with van der Waals surface area (Å²) in [6.45, 7) is 2.23. The Morgan fingerprint density at radius 2 is 1.97 bits per heavy atom. The summed E-state index contributed by atoms with van der Waals surface area (Å²) in [4.78, 5) is 16.9. The molecule has 2 aliphatic rings. The van der Waals surface area contributed by atoms with Gasteiger partial charge in [0.25, 0.3) is 0 Å². The van der Waals surface area contributed by atoms with Crippen LogP contribution < -0.4 is 14.8 Å². The number of hydrogen-bond acceptors (Lipinski definition) is 7. The number of sulfonamides is 1. The molecule has 1 aromatic carbocycles. The number of imidazole rings is 1. The fourth-order valence-electron chi connectivity index (χ4n) is 3.76. The lowest BCUT2D eigenvalue weighted by atomic mass is 9.97. The smallest absolute Gasteiger partial charge is 0.243 e. The molecule has 3 heterocycles. The Kier molecular flexibility index (Phi) is 7.27. The standard InChI is InChI=1S/C21H28N4O5S2/c1-24-11-7-23-21(24)31-14-8-22-20(26)16-5-9-25(10-6-16)32(27,28)17-3-4-18-19(15-17)30-13-2-12-29-18/h3-4,7,11,15-16H,2,5-6,8-10,12-14H2,1H3,(H,22,26). The highest BCUT2D eigenvalue weighted by molar-refractivity contribution is 7.99. The number of hydrogen-bond donors (Lipinski definition) is 1. The van der Waals surface area contributed by atoms with Crippen molar-refractivity contribution in [2.75, 3.05) is 38.6 Å². The third kappa shape index (κ3) is 5.21. The van der Waals surface area contributed by atoms with E-state index < -0.39 is 10.0 Å². The number of benzene rings is 1. The summed E-state index contributed by atoms with van der Waals surface area (Å²) >= 11 is 1.59. The van der Waals surface area contributed by atoms with Crippen LogP contribution in [0.1, 0.15) is 19.3 Å². The molecular formula is C21H28N4O5S2. The number of rotatable bonds is 7. The quantitative estimate of drug-likeness (QED) is 0.477. The molecule has 2 aromatic rings. The highest BCUT2D eigenvalue weighted by atomic mass is 32.2. The third-order valence-corrected chi connectivity index (χ3v) is 8.55. The predicted molar refractivity (Wildman–Crippen MR) is 120 cm³/mol. The molecular weight excluding hydrogens is 452 g/mol. The van der Waals surface area contributed by atoms with Crippen molar-refractivity contribution in [1.29, 1.82) is 0 Å². The van der Waals surface area contributed by atoms with Gasteiger partial charge in [0.2, 0.25) is 15.9 Å². The first-order valence-electron chi connectivity index (χ1n) is 10.7. The summed E-state index contributed by atoms with van der Waals surface area (Å²) in [5.74, 6) is 1.56. The van der Waals surface area contributed by atoms with Crippen molar-refractivity contribution in [2.45, 2.75) is 29.3 Å². The maximum atomic E-state index is 13.1. The van der Waals surface area contributed by atoms with E-state index in [9.17, 15) is 13.2 Å². The normalized spacial score (nSPS) is 17.7. The van der Waals surface area contributed by atoms with Crippen molar-refractivity contribution in [2.24, 2.45) is 13.0 Å². The third-order valence-electron chi connectivity index (χ3n) is 5.59. The van der Waals surface area contributed by atoms with Crippen LogP contribution in [0.3, 0.4) is 0 Å². The molecule has 1 amide bonds. The van der Waals surface area contributed by atoms with E-state index in [4.69, 9.17) is 9.47 Å². The molecule has 0 saturated carbocycles. The van der Waals surface area contributed by atoms with E-state index >= 15 is 0 Å². The first-order chi connectivity index (χ1) is 15.4. The van der Waals surface area contributed by atoms with Crippen molar-refractivity contribution in [3.8, 4) is 11.5 Å². The number of carbonyl (C=O) groups is 1. The van der Waals surface area contributed by atoms with E-state index in [2.05, 4.69) is 10.3 Å². The molecule has 0 aliphatic carbocycles. The van der Waals surface area contributed by atoms with Gasteiger partial charge in [-0.15, -0.1) is 0 Å². The molecule has 1 saturated heterocycles. The number of thioether (sulfide) groups is 1. The van der Waals surface area contributed by atoms with E-state index in [1.807, 2.05) is 17.8 Å². The predicted octanol–water partition coefficient (Wildman–Crippen LogP) is 1.89. The van der Waals surface area contributed by atoms with Gasteiger partial charge in [-0.3, -0.25) is 4.79 Å². The van der Waals surface area contributed by atoms with Crippen molar-refractivity contribution < 1.29 is 22.7 Å². The Morgan fingerprint density at radius 3 is 2.69 bits per heavy atom. The molecule has 1 N–H and O–H groups in total. The number of ether oxygens (including phenoxy) is 2. The van der Waals surface area contributed by atoms with Gasteiger partial charge in [0.15, 0.2) is 16.7 Å². The zero-order chi connectivity index (χ0) is 22.6. The van der Waals surface area contributed by atoms with Crippen LogP contribution in [0.5, 0.6) is 11.5 Å². The first-order valence-corrected chi connectivity index (χ1v) is 13.2. The summed E-state index contributed by atoms with van der Waals surface area (Å²) in [6, 6.07) is 4.74. The van der Waals surface area contributed by atoms with Gasteiger partial charge < -0.3 is 19.4 Å². The van der Waals surface area contributed by atoms with Gasteiger partial charge in [-0.2, -0.15) is 4.31 Å². The minimum atomic E-state index is -3.65. The fourth-order valence-corrected chi connectivity index (χ4v) is 6.04. The second-order valence-electron chi connectivity index (χ2n) is 7.80. The molecule has 0 unspecified atom stereocenters. The number of nitrogens with zero attached hydrogens (tertiary/aromatic N) is 3. The van der Waals surface area contributed by atoms with Gasteiger partial charge >= 0.3 is 0 Å². The van der Waals surface area contributed by atoms with E-state index in [0.29, 0.717) is 57.2 Å². The van der Waals surface area contributed by atoms with Crippen LogP contribution in [-0.4, -0.2) is 66.8 Å². The number of amides is 1. The number of aryl methyl sites for hydroxylation is 1. The molecule has 0 spiro atoms. The second-order valence-corrected chi connectivity index (χ2v) is 10.8. The maximum absolute atomic E-state index is 13.1. The van der Waals surface area contributed by atoms with Gasteiger partial charge in [0, 0.05) is 63.2 Å². The van der Waals surface area contributed by atoms with E-state index in [1.54, 1.807) is 30.1 Å². The average Bonchev–Trinajstić information content (AvgIpc) is 3.06. The molecule has 174 valence electrons. The maximum Gasteiger partial charge on any atom is 0.243 e. The van der Waals surface area contributed by atoms with E-state index in [1.165, 1.54) is 10.4 Å². The lowest BCUT2D eigenvalue weighted by Gasteiger charge is -2.30. The largest absolute Gasteiger partial charge is 0.490 e. The molecule has 0 radical (unpaired) electrons. The highest BCUT2D eigenvalue weighted by Crippen LogP contribution is 2.33. The zero-order valence-electron chi connectivity index (χ0n) is 18.0. The molecule has 32 heavy (non-hydrogen) atoms. The number of fused-ring (bicyclic) bond motifs is 1. The minimum Gasteiger partial charge on any atom is -0.490 e. The van der Waals surface area contributed by atoms with Crippen LogP contribution in [0.4, 0.5) is 0 Å². The first kappa shape index (κ1) is 22.9. The number of aromatic nitrogens is 2. The SMILES string of the molecule is Cn1ccnc1SCCNC(=O)C1CCN(S(=O)(=O)c2ccc3c(c2)OCCCO3)CC1. The summed E-state index contributed by atoms with van der Waals surface area (Å²) < 4.78 is 40.8. The summed E-state index contributed by atoms with van der Waals surface area (Å²) in [6.07, 6.45) is 5.39. The molecule has 11 heteroatoms. The Hall–Kier alpha value is -2.24. The van der Waals surface area contributed by atoms with Gasteiger partial charge in [-0.05, 0) is 25.0 Å². The summed E-state index contributed by atoms with van der Waals surface area (Å²) in [7, 11) is -1.72. The Bertz CT molecular complexity index is 1050. The minimum absolute atomic E-state index is 0.0157. The zero-order valence-corrected chi connectivity index (χ0v) is 19.7. The van der Waals surface area contributed by atoms with Crippen LogP contribution in [0.15, 0.2) is 40.6 Å². The van der Waals surface area contributed by atoms with E-state index in [0.717, 1.165) is 17.3 Å². The molecule has 2 aliphatic heterocycles. The molecule has 9 nitrogen and oxygen atoms in total. The van der Waals surface area contributed by atoms with Crippen molar-refractivity contribution >= 4 is 27.7 Å². The van der Waals surface area contributed by atoms with Gasteiger partial charge in [-0.1, -0.05) is 11.8 Å².